The molecule has 0 aliphatic carbocycles. The van der Waals surface area contributed by atoms with Crippen molar-refractivity contribution >= 4 is 0 Å². The maximum absolute atomic E-state index is 5.64. The van der Waals surface area contributed by atoms with E-state index in [0.29, 0.717) is 6.10 Å². The van der Waals surface area contributed by atoms with Crippen LogP contribution in [0.3, 0.4) is 0 Å². The van der Waals surface area contributed by atoms with Gasteiger partial charge in [-0.25, -0.2) is 0 Å². The predicted octanol–water partition coefficient (Wildman–Crippen LogP) is 2.27. The van der Waals surface area contributed by atoms with Crippen LogP contribution >= 0.6 is 0 Å². The van der Waals surface area contributed by atoms with Gasteiger partial charge in [0.2, 0.25) is 0 Å². The largest absolute Gasteiger partial charge is 0.378 e. The molecular weight excluding hydrogens is 224 g/mol. The highest BCUT2D eigenvalue weighted by Gasteiger charge is 2.17. The van der Waals surface area contributed by atoms with Crippen molar-refractivity contribution in [3.8, 4) is 0 Å². The molecule has 2 rings (SSSR count). The molecule has 2 saturated heterocycles. The smallest absolute Gasteiger partial charge is 0.0576 e. The molecule has 2 aliphatic heterocycles. The van der Waals surface area contributed by atoms with Crippen molar-refractivity contribution in [2.24, 2.45) is 5.92 Å². The fourth-order valence-electron chi connectivity index (χ4n) is 3.14. The molecule has 1 N–H and O–H groups in total. The fraction of sp³-hybridized carbons (Fsp3) is 1.00. The molecule has 0 aromatic heterocycles. The number of likely N-dealkylation sites (tertiary alicyclic amines) is 1. The van der Waals surface area contributed by atoms with E-state index in [-0.39, 0.29) is 0 Å². The Morgan fingerprint density at radius 2 is 2.06 bits per heavy atom. The number of rotatable bonds is 7. The monoisotopic (exact) mass is 254 g/mol. The molecule has 0 amide bonds. The van der Waals surface area contributed by atoms with E-state index in [9.17, 15) is 0 Å². The SMILES string of the molecule is CCN1CCC(CNCCCC2CCCO2)CC1. The van der Waals surface area contributed by atoms with Gasteiger partial charge in [-0.15, -0.1) is 0 Å². The number of piperidine rings is 1. The van der Waals surface area contributed by atoms with Gasteiger partial charge in [0.15, 0.2) is 0 Å². The third-order valence-electron chi connectivity index (χ3n) is 4.49. The molecule has 1 unspecified atom stereocenters. The van der Waals surface area contributed by atoms with Gasteiger partial charge in [0.1, 0.15) is 0 Å². The Kier molecular flexibility index (Phi) is 6.46. The summed E-state index contributed by atoms with van der Waals surface area (Å²) in [4.78, 5) is 2.56. The Morgan fingerprint density at radius 1 is 1.22 bits per heavy atom. The first kappa shape index (κ1) is 14.3. The topological polar surface area (TPSA) is 24.5 Å². The van der Waals surface area contributed by atoms with Gasteiger partial charge in [-0.3, -0.25) is 0 Å². The molecule has 2 fully saturated rings. The minimum absolute atomic E-state index is 0.569. The minimum Gasteiger partial charge on any atom is -0.378 e. The van der Waals surface area contributed by atoms with Crippen LogP contribution in [0.4, 0.5) is 0 Å². The van der Waals surface area contributed by atoms with Crippen LogP contribution in [0.15, 0.2) is 0 Å². The summed E-state index contributed by atoms with van der Waals surface area (Å²) in [5, 5.41) is 3.64. The zero-order chi connectivity index (χ0) is 12.6. The molecule has 1 atom stereocenters. The van der Waals surface area contributed by atoms with Gasteiger partial charge in [-0.2, -0.15) is 0 Å². The van der Waals surface area contributed by atoms with Crippen molar-refractivity contribution in [2.45, 2.75) is 51.6 Å². The van der Waals surface area contributed by atoms with Crippen LogP contribution in [0.1, 0.15) is 45.4 Å². The number of hydrogen-bond acceptors (Lipinski definition) is 3. The first-order valence-electron chi connectivity index (χ1n) is 7.93. The van der Waals surface area contributed by atoms with Gasteiger partial charge in [0, 0.05) is 6.61 Å². The summed E-state index contributed by atoms with van der Waals surface area (Å²) in [7, 11) is 0. The minimum atomic E-state index is 0.569. The van der Waals surface area contributed by atoms with E-state index in [1.165, 1.54) is 71.2 Å². The van der Waals surface area contributed by atoms with Crippen molar-refractivity contribution in [2.75, 3.05) is 39.3 Å². The molecule has 0 radical (unpaired) electrons. The lowest BCUT2D eigenvalue weighted by atomic mass is 9.97. The molecular formula is C15H30N2O. The summed E-state index contributed by atoms with van der Waals surface area (Å²) in [6.45, 7) is 9.49. The van der Waals surface area contributed by atoms with E-state index in [2.05, 4.69) is 17.1 Å². The third-order valence-corrected chi connectivity index (χ3v) is 4.49. The second kappa shape index (κ2) is 8.13. The third kappa shape index (κ3) is 4.87. The second-order valence-electron chi connectivity index (χ2n) is 5.86. The molecule has 0 bridgehead atoms. The van der Waals surface area contributed by atoms with Gasteiger partial charge >= 0.3 is 0 Å². The molecule has 2 heterocycles. The van der Waals surface area contributed by atoms with Crippen molar-refractivity contribution in [3.63, 3.8) is 0 Å². The van der Waals surface area contributed by atoms with Crippen LogP contribution in [0, 0.1) is 5.92 Å². The van der Waals surface area contributed by atoms with Crippen LogP contribution in [0.25, 0.3) is 0 Å². The van der Waals surface area contributed by atoms with Crippen molar-refractivity contribution in [3.05, 3.63) is 0 Å². The van der Waals surface area contributed by atoms with Crippen LogP contribution in [-0.4, -0.2) is 50.3 Å². The summed E-state index contributed by atoms with van der Waals surface area (Å²) in [6, 6.07) is 0. The van der Waals surface area contributed by atoms with Crippen molar-refractivity contribution in [1.82, 2.24) is 10.2 Å². The lowest BCUT2D eigenvalue weighted by molar-refractivity contribution is 0.102. The van der Waals surface area contributed by atoms with Gasteiger partial charge in [-0.1, -0.05) is 6.92 Å². The lowest BCUT2D eigenvalue weighted by Crippen LogP contribution is -2.37. The first-order valence-corrected chi connectivity index (χ1v) is 7.93. The normalized spacial score (nSPS) is 26.8. The molecule has 3 nitrogen and oxygen atoms in total. The van der Waals surface area contributed by atoms with Gasteiger partial charge < -0.3 is 15.0 Å². The molecule has 0 aromatic rings. The highest BCUT2D eigenvalue weighted by molar-refractivity contribution is 4.73. The predicted molar refractivity (Wildman–Crippen MR) is 75.9 cm³/mol. The number of hydrogen-bond donors (Lipinski definition) is 1. The van der Waals surface area contributed by atoms with E-state index in [1.807, 2.05) is 0 Å². The summed E-state index contributed by atoms with van der Waals surface area (Å²) in [5.74, 6) is 0.913. The van der Waals surface area contributed by atoms with E-state index in [4.69, 9.17) is 4.74 Å². The number of nitrogens with one attached hydrogen (secondary N) is 1. The number of nitrogens with zero attached hydrogens (tertiary/aromatic N) is 1. The summed E-state index contributed by atoms with van der Waals surface area (Å²) < 4.78 is 5.64. The first-order chi connectivity index (χ1) is 8.88. The molecule has 2 aliphatic rings. The van der Waals surface area contributed by atoms with Crippen LogP contribution in [0.2, 0.25) is 0 Å². The molecule has 18 heavy (non-hydrogen) atoms. The highest BCUT2D eigenvalue weighted by atomic mass is 16.5. The van der Waals surface area contributed by atoms with Gasteiger partial charge in [-0.05, 0) is 77.2 Å². The zero-order valence-corrected chi connectivity index (χ0v) is 12.0. The molecule has 0 aromatic carbocycles. The Bertz CT molecular complexity index is 209. The highest BCUT2D eigenvalue weighted by Crippen LogP contribution is 2.17. The Labute approximate surface area is 112 Å². The lowest BCUT2D eigenvalue weighted by Gasteiger charge is -2.31. The Morgan fingerprint density at radius 3 is 2.72 bits per heavy atom. The molecule has 3 heteroatoms. The van der Waals surface area contributed by atoms with E-state index in [1.54, 1.807) is 0 Å². The second-order valence-corrected chi connectivity index (χ2v) is 5.86. The summed E-state index contributed by atoms with van der Waals surface area (Å²) >= 11 is 0. The average molecular weight is 254 g/mol. The van der Waals surface area contributed by atoms with Crippen LogP contribution < -0.4 is 5.32 Å². The summed E-state index contributed by atoms with van der Waals surface area (Å²) in [5.41, 5.74) is 0. The van der Waals surface area contributed by atoms with Crippen LogP contribution in [0.5, 0.6) is 0 Å². The van der Waals surface area contributed by atoms with E-state index >= 15 is 0 Å². The van der Waals surface area contributed by atoms with Crippen molar-refractivity contribution in [1.29, 1.82) is 0 Å². The zero-order valence-electron chi connectivity index (χ0n) is 12.0. The standard InChI is InChI=1S/C15H30N2O/c1-2-17-10-7-14(8-11-17)13-16-9-3-5-15-6-4-12-18-15/h14-16H,2-13H2,1H3. The molecule has 0 saturated carbocycles. The summed E-state index contributed by atoms with van der Waals surface area (Å²) in [6.07, 6.45) is 8.42. The van der Waals surface area contributed by atoms with Gasteiger partial charge in [0.25, 0.3) is 0 Å². The quantitative estimate of drug-likeness (QED) is 0.705. The molecule has 106 valence electrons. The van der Waals surface area contributed by atoms with E-state index < -0.39 is 0 Å². The average Bonchev–Trinajstić information content (AvgIpc) is 2.92. The maximum Gasteiger partial charge on any atom is 0.0576 e. The fourth-order valence-corrected chi connectivity index (χ4v) is 3.14. The number of ether oxygens (including phenoxy) is 1. The van der Waals surface area contributed by atoms with Crippen LogP contribution in [-0.2, 0) is 4.74 Å². The Hall–Kier alpha value is -0.120. The Balaban J connectivity index is 1.43. The maximum atomic E-state index is 5.64. The van der Waals surface area contributed by atoms with Crippen molar-refractivity contribution < 1.29 is 4.74 Å². The van der Waals surface area contributed by atoms with E-state index in [0.717, 1.165) is 12.5 Å². The molecule has 0 spiro atoms. The van der Waals surface area contributed by atoms with Gasteiger partial charge in [0.05, 0.1) is 6.10 Å².